The van der Waals surface area contributed by atoms with Crippen LogP contribution in [0.3, 0.4) is 0 Å². The van der Waals surface area contributed by atoms with E-state index in [0.29, 0.717) is 18.3 Å². The quantitative estimate of drug-likeness (QED) is 0.778. The third-order valence-electron chi connectivity index (χ3n) is 2.95. The summed E-state index contributed by atoms with van der Waals surface area (Å²) in [6.07, 6.45) is 3.27. The maximum atomic E-state index is 11.8. The number of aromatic amines is 1. The number of aromatic nitrogens is 1. The van der Waals surface area contributed by atoms with Gasteiger partial charge >= 0.3 is 0 Å². The molecule has 0 aromatic carbocycles. The van der Waals surface area contributed by atoms with Crippen molar-refractivity contribution in [2.24, 2.45) is 5.92 Å². The molecule has 0 fully saturated rings. The number of carbonyl (C=O) groups excluding carboxylic acids is 1. The van der Waals surface area contributed by atoms with E-state index in [1.54, 1.807) is 6.92 Å². The summed E-state index contributed by atoms with van der Waals surface area (Å²) in [6, 6.07) is 1.42. The Bertz CT molecular complexity index is 457. The van der Waals surface area contributed by atoms with Crippen molar-refractivity contribution in [3.05, 3.63) is 33.7 Å². The maximum Gasteiger partial charge on any atom is 0.256 e. The second kappa shape index (κ2) is 7.21. The molecule has 100 valence electrons. The maximum absolute atomic E-state index is 11.8. The van der Waals surface area contributed by atoms with Crippen LogP contribution in [0.5, 0.6) is 0 Å². The van der Waals surface area contributed by atoms with Crippen molar-refractivity contribution in [1.82, 2.24) is 10.3 Å². The summed E-state index contributed by atoms with van der Waals surface area (Å²) in [5.74, 6) is 0.611. The topological polar surface area (TPSA) is 62.0 Å². The molecule has 1 amide bonds. The van der Waals surface area contributed by atoms with Crippen molar-refractivity contribution in [1.29, 1.82) is 0 Å². The smallest absolute Gasteiger partial charge is 0.256 e. The SMILES string of the molecule is CCC(CCCl)CNC(=O)c1c[nH]c(C)cc1=O. The number of H-pyrrole nitrogens is 1. The molecule has 1 aromatic rings. The lowest BCUT2D eigenvalue weighted by Gasteiger charge is -2.13. The van der Waals surface area contributed by atoms with Gasteiger partial charge in [-0.3, -0.25) is 9.59 Å². The molecule has 0 saturated carbocycles. The lowest BCUT2D eigenvalue weighted by molar-refractivity contribution is 0.0945. The minimum atomic E-state index is -0.329. The molecule has 0 aliphatic heterocycles. The molecule has 0 radical (unpaired) electrons. The van der Waals surface area contributed by atoms with E-state index in [2.05, 4.69) is 17.2 Å². The molecule has 1 aromatic heterocycles. The van der Waals surface area contributed by atoms with Crippen molar-refractivity contribution in [3.8, 4) is 0 Å². The zero-order valence-electron chi connectivity index (χ0n) is 10.8. The summed E-state index contributed by atoms with van der Waals surface area (Å²) in [7, 11) is 0. The first-order valence-electron chi connectivity index (χ1n) is 6.12. The third kappa shape index (κ3) is 4.18. The molecule has 2 N–H and O–H groups in total. The van der Waals surface area contributed by atoms with E-state index in [4.69, 9.17) is 11.6 Å². The average Bonchev–Trinajstić information content (AvgIpc) is 2.34. The van der Waals surface area contributed by atoms with Crippen molar-refractivity contribution < 1.29 is 4.79 Å². The zero-order chi connectivity index (χ0) is 13.5. The van der Waals surface area contributed by atoms with Crippen LogP contribution < -0.4 is 10.7 Å². The number of rotatable bonds is 6. The lowest BCUT2D eigenvalue weighted by atomic mass is 10.0. The highest BCUT2D eigenvalue weighted by Gasteiger charge is 2.12. The molecule has 0 spiro atoms. The van der Waals surface area contributed by atoms with E-state index >= 15 is 0 Å². The fourth-order valence-electron chi connectivity index (χ4n) is 1.69. The van der Waals surface area contributed by atoms with Gasteiger partial charge in [-0.1, -0.05) is 13.3 Å². The van der Waals surface area contributed by atoms with Gasteiger partial charge in [0.25, 0.3) is 5.91 Å². The molecule has 0 bridgehead atoms. The number of amides is 1. The van der Waals surface area contributed by atoms with E-state index in [1.165, 1.54) is 12.3 Å². The van der Waals surface area contributed by atoms with Crippen LogP contribution in [0.25, 0.3) is 0 Å². The number of carbonyl (C=O) groups is 1. The van der Waals surface area contributed by atoms with E-state index in [-0.39, 0.29) is 16.9 Å². The second-order valence-corrected chi connectivity index (χ2v) is 4.73. The molecule has 4 nitrogen and oxygen atoms in total. The first-order valence-corrected chi connectivity index (χ1v) is 6.65. The minimum Gasteiger partial charge on any atom is -0.364 e. The Labute approximate surface area is 112 Å². The largest absolute Gasteiger partial charge is 0.364 e. The summed E-state index contributed by atoms with van der Waals surface area (Å²) in [5, 5.41) is 2.78. The van der Waals surface area contributed by atoms with Crippen LogP contribution in [0.2, 0.25) is 0 Å². The third-order valence-corrected chi connectivity index (χ3v) is 3.17. The summed E-state index contributed by atoms with van der Waals surface area (Å²) in [5.41, 5.74) is 0.639. The van der Waals surface area contributed by atoms with Crippen molar-refractivity contribution >= 4 is 17.5 Å². The van der Waals surface area contributed by atoms with Gasteiger partial charge < -0.3 is 10.3 Å². The van der Waals surface area contributed by atoms with Gasteiger partial charge in [0.1, 0.15) is 5.56 Å². The molecule has 1 atom stereocenters. The number of alkyl halides is 1. The van der Waals surface area contributed by atoms with E-state index in [0.717, 1.165) is 18.5 Å². The minimum absolute atomic E-state index is 0.154. The normalized spacial score (nSPS) is 12.2. The van der Waals surface area contributed by atoms with Gasteiger partial charge in [-0.15, -0.1) is 11.6 Å². The number of pyridine rings is 1. The molecule has 0 saturated heterocycles. The van der Waals surface area contributed by atoms with Crippen LogP contribution in [0.1, 0.15) is 35.8 Å². The fraction of sp³-hybridized carbons (Fsp3) is 0.538. The average molecular weight is 271 g/mol. The Morgan fingerprint density at radius 3 is 2.83 bits per heavy atom. The Hall–Kier alpha value is -1.29. The number of nitrogens with one attached hydrogen (secondary N) is 2. The molecule has 1 unspecified atom stereocenters. The Balaban J connectivity index is 2.62. The van der Waals surface area contributed by atoms with Gasteiger partial charge in [0, 0.05) is 30.4 Å². The van der Waals surface area contributed by atoms with Crippen LogP contribution in [0.4, 0.5) is 0 Å². The molecule has 5 heteroatoms. The van der Waals surface area contributed by atoms with Crippen LogP contribution >= 0.6 is 11.6 Å². The summed E-state index contributed by atoms with van der Waals surface area (Å²) in [6.45, 7) is 4.38. The van der Waals surface area contributed by atoms with Gasteiger partial charge in [-0.25, -0.2) is 0 Å². The Kier molecular flexibility index (Phi) is 5.92. The fourth-order valence-corrected chi connectivity index (χ4v) is 2.00. The number of aryl methyl sites for hydroxylation is 1. The zero-order valence-corrected chi connectivity index (χ0v) is 11.5. The molecule has 1 rings (SSSR count). The van der Waals surface area contributed by atoms with Crippen LogP contribution in [0, 0.1) is 12.8 Å². The van der Waals surface area contributed by atoms with E-state index < -0.39 is 0 Å². The van der Waals surface area contributed by atoms with Crippen LogP contribution in [-0.2, 0) is 0 Å². The molecule has 0 aliphatic carbocycles. The first kappa shape index (κ1) is 14.8. The predicted octanol–water partition coefficient (Wildman–Crippen LogP) is 2.07. The summed E-state index contributed by atoms with van der Waals surface area (Å²) in [4.78, 5) is 26.3. The van der Waals surface area contributed by atoms with Gasteiger partial charge in [0.05, 0.1) is 0 Å². The van der Waals surface area contributed by atoms with Gasteiger partial charge in [-0.05, 0) is 19.3 Å². The van der Waals surface area contributed by atoms with Crippen molar-refractivity contribution in [3.63, 3.8) is 0 Å². The van der Waals surface area contributed by atoms with Crippen molar-refractivity contribution in [2.75, 3.05) is 12.4 Å². The second-order valence-electron chi connectivity index (χ2n) is 4.36. The highest BCUT2D eigenvalue weighted by atomic mass is 35.5. The van der Waals surface area contributed by atoms with Crippen molar-refractivity contribution in [2.45, 2.75) is 26.7 Å². The lowest BCUT2D eigenvalue weighted by Crippen LogP contribution is -2.32. The number of halogens is 1. The highest BCUT2D eigenvalue weighted by molar-refractivity contribution is 6.17. The predicted molar refractivity (Wildman–Crippen MR) is 73.3 cm³/mol. The standard InChI is InChI=1S/C13H19ClN2O2/c1-3-10(4-5-14)7-16-13(18)11-8-15-9(2)6-12(11)17/h6,8,10H,3-5,7H2,1-2H3,(H,15,17)(H,16,18). The van der Waals surface area contributed by atoms with E-state index in [9.17, 15) is 9.59 Å². The monoisotopic (exact) mass is 270 g/mol. The molecule has 0 aliphatic rings. The Morgan fingerprint density at radius 1 is 1.56 bits per heavy atom. The molecular weight excluding hydrogens is 252 g/mol. The number of hydrogen-bond acceptors (Lipinski definition) is 2. The molecule has 18 heavy (non-hydrogen) atoms. The molecular formula is C13H19ClN2O2. The highest BCUT2D eigenvalue weighted by Crippen LogP contribution is 2.07. The summed E-state index contributed by atoms with van der Waals surface area (Å²) >= 11 is 5.68. The van der Waals surface area contributed by atoms with Crippen LogP contribution in [-0.4, -0.2) is 23.3 Å². The van der Waals surface area contributed by atoms with Crippen LogP contribution in [0.15, 0.2) is 17.1 Å². The first-order chi connectivity index (χ1) is 8.58. The molecule has 1 heterocycles. The summed E-state index contributed by atoms with van der Waals surface area (Å²) < 4.78 is 0. The van der Waals surface area contributed by atoms with Gasteiger partial charge in [-0.2, -0.15) is 0 Å². The Morgan fingerprint density at radius 2 is 2.28 bits per heavy atom. The van der Waals surface area contributed by atoms with Gasteiger partial charge in [0.2, 0.25) is 0 Å². The van der Waals surface area contributed by atoms with E-state index in [1.807, 2.05) is 0 Å². The van der Waals surface area contributed by atoms with Gasteiger partial charge in [0.15, 0.2) is 5.43 Å². The number of hydrogen-bond donors (Lipinski definition) is 2.